The first-order valence-electron chi connectivity index (χ1n) is 10.3. The van der Waals surface area contributed by atoms with Crippen LogP contribution >= 0.6 is 11.6 Å². The zero-order valence-corrected chi connectivity index (χ0v) is 18.2. The predicted octanol–water partition coefficient (Wildman–Crippen LogP) is 3.75. The van der Waals surface area contributed by atoms with Gasteiger partial charge in [-0.25, -0.2) is 0 Å². The third kappa shape index (κ3) is 4.79. The van der Waals surface area contributed by atoms with Crippen LogP contribution in [-0.2, 0) is 11.2 Å². The quantitative estimate of drug-likeness (QED) is 0.411. The molecule has 1 aliphatic heterocycles. The number of halogens is 1. The third-order valence-electron chi connectivity index (χ3n) is 5.64. The number of nitro groups is 1. The number of aromatic nitrogens is 2. The Kier molecular flexibility index (Phi) is 6.48. The highest BCUT2D eigenvalue weighted by Gasteiger charge is 2.28. The van der Waals surface area contributed by atoms with Crippen molar-refractivity contribution >= 4 is 23.2 Å². The number of nitrogens with zero attached hydrogens (tertiary/aromatic N) is 5. The molecule has 0 bridgehead atoms. The molecule has 32 heavy (non-hydrogen) atoms. The normalized spacial score (nSPS) is 15.5. The van der Waals surface area contributed by atoms with Crippen LogP contribution in [-0.4, -0.2) is 57.0 Å². The number of hydrogen-bond donors (Lipinski definition) is 0. The van der Waals surface area contributed by atoms with Gasteiger partial charge in [0.2, 0.25) is 17.7 Å². The van der Waals surface area contributed by atoms with Crippen molar-refractivity contribution in [2.24, 2.45) is 0 Å². The summed E-state index contributed by atoms with van der Waals surface area (Å²) in [6.07, 6.45) is 0.289. The summed E-state index contributed by atoms with van der Waals surface area (Å²) in [5.74, 6) is 0.841. The number of carbonyl (C=O) groups excluding carboxylic acids is 1. The Bertz CT molecular complexity index is 1110. The molecule has 4 rings (SSSR count). The molecule has 0 radical (unpaired) electrons. The Labute approximate surface area is 189 Å². The monoisotopic (exact) mass is 455 g/mol. The largest absolute Gasteiger partial charge is 0.419 e. The molecule has 0 saturated carbocycles. The number of amides is 1. The summed E-state index contributed by atoms with van der Waals surface area (Å²) in [4.78, 5) is 27.0. The van der Waals surface area contributed by atoms with E-state index in [1.54, 1.807) is 18.2 Å². The number of carbonyl (C=O) groups is 1. The topological polar surface area (TPSA) is 106 Å². The van der Waals surface area contributed by atoms with Gasteiger partial charge >= 0.3 is 0 Å². The Morgan fingerprint density at radius 3 is 2.47 bits per heavy atom. The molecule has 0 aliphatic carbocycles. The van der Waals surface area contributed by atoms with E-state index in [2.05, 4.69) is 15.1 Å². The molecule has 3 aromatic rings. The number of nitro benzene ring substituents is 1. The van der Waals surface area contributed by atoms with Gasteiger partial charge in [0, 0.05) is 48.9 Å². The fourth-order valence-electron chi connectivity index (χ4n) is 3.68. The molecule has 9 nitrogen and oxygen atoms in total. The number of piperazine rings is 1. The standard InChI is InChI=1S/C22H22ClN5O4/c1-15(21-24-25-22(32-21)16-6-8-18(9-7-16)28(30)31)26-10-12-27(13-11-26)20(29)14-17-4-2-3-5-19(17)23/h2-9,15H,10-14H2,1H3. The van der Waals surface area contributed by atoms with E-state index < -0.39 is 4.92 Å². The second-order valence-electron chi connectivity index (χ2n) is 7.61. The maximum absolute atomic E-state index is 12.7. The summed E-state index contributed by atoms with van der Waals surface area (Å²) in [6.45, 7) is 4.57. The van der Waals surface area contributed by atoms with Crippen molar-refractivity contribution in [1.29, 1.82) is 0 Å². The van der Waals surface area contributed by atoms with E-state index in [1.165, 1.54) is 12.1 Å². The van der Waals surface area contributed by atoms with E-state index in [1.807, 2.05) is 30.0 Å². The zero-order valence-electron chi connectivity index (χ0n) is 17.5. The lowest BCUT2D eigenvalue weighted by atomic mass is 10.1. The van der Waals surface area contributed by atoms with Crippen LogP contribution in [0.1, 0.15) is 24.4 Å². The molecule has 1 aromatic heterocycles. The summed E-state index contributed by atoms with van der Waals surface area (Å²) in [7, 11) is 0. The molecule has 1 amide bonds. The minimum absolute atomic E-state index is 0.00353. The van der Waals surface area contributed by atoms with Gasteiger partial charge < -0.3 is 9.32 Å². The van der Waals surface area contributed by atoms with Crippen molar-refractivity contribution in [3.8, 4) is 11.5 Å². The maximum Gasteiger partial charge on any atom is 0.269 e. The Morgan fingerprint density at radius 2 is 1.81 bits per heavy atom. The van der Waals surface area contributed by atoms with E-state index in [0.29, 0.717) is 48.5 Å². The van der Waals surface area contributed by atoms with Crippen molar-refractivity contribution in [2.45, 2.75) is 19.4 Å². The molecule has 10 heteroatoms. The highest BCUT2D eigenvalue weighted by atomic mass is 35.5. The molecular formula is C22H22ClN5O4. The summed E-state index contributed by atoms with van der Waals surface area (Å²) in [6, 6.07) is 13.3. The van der Waals surface area contributed by atoms with Crippen LogP contribution < -0.4 is 0 Å². The lowest BCUT2D eigenvalue weighted by Crippen LogP contribution is -2.49. The van der Waals surface area contributed by atoms with E-state index in [0.717, 1.165) is 5.56 Å². The molecule has 0 N–H and O–H groups in total. The lowest BCUT2D eigenvalue weighted by Gasteiger charge is -2.37. The lowest BCUT2D eigenvalue weighted by molar-refractivity contribution is -0.384. The SMILES string of the molecule is CC(c1nnc(-c2ccc([N+](=O)[O-])cc2)o1)N1CCN(C(=O)Cc2ccccc2Cl)CC1. The molecule has 1 unspecified atom stereocenters. The predicted molar refractivity (Wildman–Crippen MR) is 118 cm³/mol. The van der Waals surface area contributed by atoms with Crippen LogP contribution in [0.4, 0.5) is 5.69 Å². The van der Waals surface area contributed by atoms with Gasteiger partial charge in [-0.1, -0.05) is 29.8 Å². The molecule has 1 atom stereocenters. The Balaban J connectivity index is 1.34. The number of rotatable bonds is 6. The Morgan fingerprint density at radius 1 is 1.12 bits per heavy atom. The minimum atomic E-state index is -0.454. The maximum atomic E-state index is 12.7. The van der Waals surface area contributed by atoms with Crippen molar-refractivity contribution in [2.75, 3.05) is 26.2 Å². The van der Waals surface area contributed by atoms with Gasteiger partial charge in [0.1, 0.15) is 0 Å². The Hall–Kier alpha value is -3.30. The van der Waals surface area contributed by atoms with Gasteiger partial charge in [0.25, 0.3) is 5.69 Å². The fraction of sp³-hybridized carbons (Fsp3) is 0.318. The summed E-state index contributed by atoms with van der Waals surface area (Å²) < 4.78 is 5.82. The summed E-state index contributed by atoms with van der Waals surface area (Å²) >= 11 is 6.18. The van der Waals surface area contributed by atoms with E-state index in [-0.39, 0.29) is 24.1 Å². The van der Waals surface area contributed by atoms with Crippen LogP contribution in [0.25, 0.3) is 11.5 Å². The van der Waals surface area contributed by atoms with E-state index in [4.69, 9.17) is 16.0 Å². The average molecular weight is 456 g/mol. The second kappa shape index (κ2) is 9.46. The molecule has 1 saturated heterocycles. The van der Waals surface area contributed by atoms with Crippen molar-refractivity contribution in [1.82, 2.24) is 20.0 Å². The molecule has 1 fully saturated rings. The van der Waals surface area contributed by atoms with Gasteiger partial charge in [0.05, 0.1) is 17.4 Å². The van der Waals surface area contributed by atoms with Crippen LogP contribution in [0, 0.1) is 10.1 Å². The minimum Gasteiger partial charge on any atom is -0.419 e. The summed E-state index contributed by atoms with van der Waals surface area (Å²) in [5.41, 5.74) is 1.46. The van der Waals surface area contributed by atoms with Crippen LogP contribution in [0.5, 0.6) is 0 Å². The first-order chi connectivity index (χ1) is 15.4. The first-order valence-corrected chi connectivity index (χ1v) is 10.6. The fourth-order valence-corrected chi connectivity index (χ4v) is 3.88. The van der Waals surface area contributed by atoms with Gasteiger partial charge in [-0.15, -0.1) is 10.2 Å². The van der Waals surface area contributed by atoms with Crippen molar-refractivity contribution in [3.63, 3.8) is 0 Å². The molecular weight excluding hydrogens is 434 g/mol. The van der Waals surface area contributed by atoms with Crippen LogP contribution in [0.2, 0.25) is 5.02 Å². The number of hydrogen-bond acceptors (Lipinski definition) is 7. The number of benzene rings is 2. The zero-order chi connectivity index (χ0) is 22.7. The molecule has 2 heterocycles. The summed E-state index contributed by atoms with van der Waals surface area (Å²) in [5, 5.41) is 19.7. The molecule has 166 valence electrons. The molecule has 1 aliphatic rings. The van der Waals surface area contributed by atoms with Crippen molar-refractivity contribution < 1.29 is 14.1 Å². The first kappa shape index (κ1) is 21.9. The average Bonchev–Trinajstić information content (AvgIpc) is 3.30. The van der Waals surface area contributed by atoms with E-state index >= 15 is 0 Å². The van der Waals surface area contributed by atoms with Gasteiger partial charge in [-0.3, -0.25) is 19.8 Å². The van der Waals surface area contributed by atoms with Gasteiger partial charge in [0.15, 0.2) is 0 Å². The van der Waals surface area contributed by atoms with Crippen LogP contribution in [0.3, 0.4) is 0 Å². The highest BCUT2D eigenvalue weighted by molar-refractivity contribution is 6.31. The third-order valence-corrected chi connectivity index (χ3v) is 6.01. The van der Waals surface area contributed by atoms with Crippen molar-refractivity contribution in [3.05, 3.63) is 75.1 Å². The second-order valence-corrected chi connectivity index (χ2v) is 8.02. The smallest absolute Gasteiger partial charge is 0.269 e. The van der Waals surface area contributed by atoms with Crippen LogP contribution in [0.15, 0.2) is 52.9 Å². The van der Waals surface area contributed by atoms with Gasteiger partial charge in [-0.2, -0.15) is 0 Å². The highest BCUT2D eigenvalue weighted by Crippen LogP contribution is 2.26. The van der Waals surface area contributed by atoms with E-state index in [9.17, 15) is 14.9 Å². The molecule has 2 aromatic carbocycles. The molecule has 0 spiro atoms. The number of non-ortho nitro benzene ring substituents is 1. The van der Waals surface area contributed by atoms with Gasteiger partial charge in [-0.05, 0) is 30.7 Å².